The number of rotatable bonds is 6. The zero-order valence-corrected chi connectivity index (χ0v) is 10.5. The van der Waals surface area contributed by atoms with E-state index in [1.54, 1.807) is 0 Å². The van der Waals surface area contributed by atoms with Gasteiger partial charge >= 0.3 is 0 Å². The SMILES string of the molecule is Cc1cc(C(Cl)CCOCC(F)F)c(F)cc1F. The average Bonchev–Trinajstić information content (AvgIpc) is 2.28. The fourth-order valence-electron chi connectivity index (χ4n) is 1.43. The summed E-state index contributed by atoms with van der Waals surface area (Å²) in [5, 5.41) is -0.734. The molecule has 1 rings (SSSR count). The molecule has 0 saturated carbocycles. The quantitative estimate of drug-likeness (QED) is 0.432. The first-order valence-electron chi connectivity index (χ1n) is 5.37. The van der Waals surface area contributed by atoms with Gasteiger partial charge in [-0.3, -0.25) is 0 Å². The third-order valence-electron chi connectivity index (χ3n) is 2.37. The molecule has 0 radical (unpaired) electrons. The van der Waals surface area contributed by atoms with E-state index in [1.807, 2.05) is 0 Å². The van der Waals surface area contributed by atoms with Gasteiger partial charge in [0.2, 0.25) is 0 Å². The van der Waals surface area contributed by atoms with Crippen LogP contribution in [0.1, 0.15) is 22.9 Å². The Hall–Kier alpha value is -0.810. The van der Waals surface area contributed by atoms with Gasteiger partial charge in [-0.15, -0.1) is 11.6 Å². The molecular weight excluding hydrogens is 272 g/mol. The summed E-state index contributed by atoms with van der Waals surface area (Å²) >= 11 is 5.92. The van der Waals surface area contributed by atoms with Crippen molar-refractivity contribution in [3.8, 4) is 0 Å². The first kappa shape index (κ1) is 15.2. The molecule has 1 nitrogen and oxygen atoms in total. The number of aryl methyl sites for hydroxylation is 1. The van der Waals surface area contributed by atoms with Crippen LogP contribution in [0.25, 0.3) is 0 Å². The van der Waals surface area contributed by atoms with Crippen molar-refractivity contribution in [1.29, 1.82) is 0 Å². The van der Waals surface area contributed by atoms with E-state index in [1.165, 1.54) is 13.0 Å². The summed E-state index contributed by atoms with van der Waals surface area (Å²) in [6.45, 7) is 0.818. The highest BCUT2D eigenvalue weighted by Crippen LogP contribution is 2.28. The predicted molar refractivity (Wildman–Crippen MR) is 61.1 cm³/mol. The molecule has 0 aromatic heterocycles. The Kier molecular flexibility index (Phi) is 5.88. The fraction of sp³-hybridized carbons (Fsp3) is 0.500. The van der Waals surface area contributed by atoms with Gasteiger partial charge in [-0.25, -0.2) is 17.6 Å². The van der Waals surface area contributed by atoms with E-state index in [4.69, 9.17) is 11.6 Å². The lowest BCUT2D eigenvalue weighted by molar-refractivity contribution is 0.0165. The molecule has 102 valence electrons. The number of ether oxygens (including phenoxy) is 1. The third-order valence-corrected chi connectivity index (χ3v) is 2.83. The maximum absolute atomic E-state index is 13.4. The van der Waals surface area contributed by atoms with Gasteiger partial charge in [0.1, 0.15) is 18.2 Å². The number of benzene rings is 1. The summed E-state index contributed by atoms with van der Waals surface area (Å²) < 4.78 is 54.7. The highest BCUT2D eigenvalue weighted by atomic mass is 35.5. The van der Waals surface area contributed by atoms with Crippen molar-refractivity contribution in [2.75, 3.05) is 13.2 Å². The van der Waals surface area contributed by atoms with E-state index in [0.717, 1.165) is 6.07 Å². The minimum absolute atomic E-state index is 0.00558. The van der Waals surface area contributed by atoms with Crippen LogP contribution < -0.4 is 0 Å². The van der Waals surface area contributed by atoms with Gasteiger partial charge in [-0.1, -0.05) is 0 Å². The molecule has 0 N–H and O–H groups in total. The fourth-order valence-corrected chi connectivity index (χ4v) is 1.69. The van der Waals surface area contributed by atoms with Gasteiger partial charge in [0.25, 0.3) is 6.43 Å². The van der Waals surface area contributed by atoms with E-state index >= 15 is 0 Å². The first-order chi connectivity index (χ1) is 8.41. The maximum Gasteiger partial charge on any atom is 0.261 e. The Labute approximate surface area is 108 Å². The molecule has 0 aliphatic heterocycles. The van der Waals surface area contributed by atoms with Crippen molar-refractivity contribution < 1.29 is 22.3 Å². The minimum Gasteiger partial charge on any atom is -0.375 e. The minimum atomic E-state index is -2.54. The van der Waals surface area contributed by atoms with Crippen molar-refractivity contribution in [2.45, 2.75) is 25.1 Å². The predicted octanol–water partition coefficient (Wildman–Crippen LogP) is 4.22. The molecule has 1 aromatic carbocycles. The first-order valence-corrected chi connectivity index (χ1v) is 5.81. The van der Waals surface area contributed by atoms with Crippen LogP contribution >= 0.6 is 11.6 Å². The average molecular weight is 285 g/mol. The molecule has 0 saturated heterocycles. The lowest BCUT2D eigenvalue weighted by Crippen LogP contribution is -2.07. The standard InChI is InChI=1S/C12H13ClF4O/c1-7-4-8(11(15)5-10(7)14)9(13)2-3-18-6-12(16)17/h4-5,9,12H,2-3,6H2,1H3. The van der Waals surface area contributed by atoms with E-state index in [-0.39, 0.29) is 24.2 Å². The van der Waals surface area contributed by atoms with Crippen LogP contribution in [0.5, 0.6) is 0 Å². The Morgan fingerprint density at radius 3 is 2.50 bits per heavy atom. The second kappa shape index (κ2) is 6.95. The van der Waals surface area contributed by atoms with Crippen LogP contribution in [0, 0.1) is 18.6 Å². The molecule has 0 fully saturated rings. The topological polar surface area (TPSA) is 9.23 Å². The summed E-state index contributed by atoms with van der Waals surface area (Å²) in [6.07, 6.45) is -2.36. The Balaban J connectivity index is 2.56. The molecule has 18 heavy (non-hydrogen) atoms. The molecule has 6 heteroatoms. The smallest absolute Gasteiger partial charge is 0.261 e. The lowest BCUT2D eigenvalue weighted by atomic mass is 10.1. The van der Waals surface area contributed by atoms with Gasteiger partial charge in [-0.2, -0.15) is 0 Å². The summed E-state index contributed by atoms with van der Waals surface area (Å²) in [6, 6.07) is 2.08. The second-order valence-electron chi connectivity index (χ2n) is 3.85. The highest BCUT2D eigenvalue weighted by Gasteiger charge is 2.15. The molecule has 0 aliphatic carbocycles. The van der Waals surface area contributed by atoms with Crippen molar-refractivity contribution >= 4 is 11.6 Å². The van der Waals surface area contributed by atoms with Gasteiger partial charge in [-0.05, 0) is 25.0 Å². The van der Waals surface area contributed by atoms with E-state index < -0.39 is 30.0 Å². The molecule has 0 heterocycles. The lowest BCUT2D eigenvalue weighted by Gasteiger charge is -2.12. The van der Waals surface area contributed by atoms with Gasteiger partial charge in [0.05, 0.1) is 5.38 Å². The van der Waals surface area contributed by atoms with Gasteiger partial charge in [0.15, 0.2) is 0 Å². The molecule has 0 amide bonds. The summed E-state index contributed by atoms with van der Waals surface area (Å²) in [4.78, 5) is 0. The molecule has 1 atom stereocenters. The third kappa shape index (κ3) is 4.46. The molecular formula is C12H13ClF4O. The molecule has 0 aliphatic rings. The number of hydrogen-bond acceptors (Lipinski definition) is 1. The van der Waals surface area contributed by atoms with Crippen molar-refractivity contribution in [1.82, 2.24) is 0 Å². The van der Waals surface area contributed by atoms with Crippen LogP contribution in [-0.4, -0.2) is 19.6 Å². The van der Waals surface area contributed by atoms with E-state index in [0.29, 0.717) is 0 Å². The van der Waals surface area contributed by atoms with E-state index in [2.05, 4.69) is 4.74 Å². The van der Waals surface area contributed by atoms with Crippen LogP contribution in [-0.2, 0) is 4.74 Å². The summed E-state index contributed by atoms with van der Waals surface area (Å²) in [7, 11) is 0. The summed E-state index contributed by atoms with van der Waals surface area (Å²) in [5.41, 5.74) is 0.432. The van der Waals surface area contributed by atoms with Crippen molar-refractivity contribution in [2.24, 2.45) is 0 Å². The van der Waals surface area contributed by atoms with Crippen LogP contribution in [0.15, 0.2) is 12.1 Å². The Morgan fingerprint density at radius 2 is 1.89 bits per heavy atom. The zero-order chi connectivity index (χ0) is 13.7. The monoisotopic (exact) mass is 284 g/mol. The van der Waals surface area contributed by atoms with Crippen LogP contribution in [0.3, 0.4) is 0 Å². The van der Waals surface area contributed by atoms with Crippen molar-refractivity contribution in [3.05, 3.63) is 34.9 Å². The van der Waals surface area contributed by atoms with Gasteiger partial charge < -0.3 is 4.74 Å². The van der Waals surface area contributed by atoms with Crippen LogP contribution in [0.2, 0.25) is 0 Å². The second-order valence-corrected chi connectivity index (χ2v) is 4.37. The molecule has 1 aromatic rings. The largest absolute Gasteiger partial charge is 0.375 e. The van der Waals surface area contributed by atoms with E-state index in [9.17, 15) is 17.6 Å². The maximum atomic E-state index is 13.4. The number of alkyl halides is 3. The molecule has 0 bridgehead atoms. The van der Waals surface area contributed by atoms with Gasteiger partial charge in [0, 0.05) is 18.2 Å². The highest BCUT2D eigenvalue weighted by molar-refractivity contribution is 6.20. The number of halogens is 5. The Morgan fingerprint density at radius 1 is 1.22 bits per heavy atom. The normalized spacial score (nSPS) is 13.1. The molecule has 0 spiro atoms. The number of hydrogen-bond donors (Lipinski definition) is 0. The summed E-state index contributed by atoms with van der Waals surface area (Å²) in [5.74, 6) is -1.39. The van der Waals surface area contributed by atoms with Crippen LogP contribution in [0.4, 0.5) is 17.6 Å². The van der Waals surface area contributed by atoms with Crippen molar-refractivity contribution in [3.63, 3.8) is 0 Å². The molecule has 1 unspecified atom stereocenters. The Bertz CT molecular complexity index is 398. The zero-order valence-electron chi connectivity index (χ0n) is 9.73.